The van der Waals surface area contributed by atoms with Crippen molar-refractivity contribution in [3.8, 4) is 0 Å². The van der Waals surface area contributed by atoms with Gasteiger partial charge in [-0.1, -0.05) is 134 Å². The SMILES string of the molecule is CCCCCC/C=C\CCCCCCCC(=O)O[C@H](COC(=O)CCCCCCC/C=C\CCCCCCCCC)COP(=O)(O)OC[C@H](N)C(=O)O. The molecule has 12 heteroatoms. The molecule has 0 heterocycles. The van der Waals surface area contributed by atoms with Gasteiger partial charge < -0.3 is 25.2 Å². The first-order chi connectivity index (χ1) is 25.6. The van der Waals surface area contributed by atoms with Gasteiger partial charge in [-0.2, -0.15) is 0 Å². The highest BCUT2D eigenvalue weighted by atomic mass is 31.2. The summed E-state index contributed by atoms with van der Waals surface area (Å²) in [6.07, 6.45) is 36.7. The summed E-state index contributed by atoms with van der Waals surface area (Å²) in [6, 6.07) is -1.52. The number of hydrogen-bond acceptors (Lipinski definition) is 9. The zero-order valence-corrected chi connectivity index (χ0v) is 34.3. The van der Waals surface area contributed by atoms with E-state index in [4.69, 9.17) is 24.8 Å². The summed E-state index contributed by atoms with van der Waals surface area (Å²) in [4.78, 5) is 45.8. The van der Waals surface area contributed by atoms with E-state index in [1.807, 2.05) is 0 Å². The zero-order chi connectivity index (χ0) is 39.3. The maximum atomic E-state index is 12.6. The number of phosphoric acid groups is 1. The van der Waals surface area contributed by atoms with Crippen LogP contribution in [0.5, 0.6) is 0 Å². The number of esters is 2. The van der Waals surface area contributed by atoms with Crippen molar-refractivity contribution in [2.24, 2.45) is 5.73 Å². The molecule has 0 aromatic heterocycles. The van der Waals surface area contributed by atoms with E-state index >= 15 is 0 Å². The molecule has 0 aliphatic heterocycles. The van der Waals surface area contributed by atoms with Gasteiger partial charge in [0.1, 0.15) is 12.6 Å². The van der Waals surface area contributed by atoms with Crippen molar-refractivity contribution in [1.29, 1.82) is 0 Å². The Hall–Kier alpha value is -2.04. The Morgan fingerprint density at radius 1 is 0.566 bits per heavy atom. The largest absolute Gasteiger partial charge is 0.480 e. The van der Waals surface area contributed by atoms with Gasteiger partial charge in [0.2, 0.25) is 0 Å². The normalized spacial score (nSPS) is 14.0. The fourth-order valence-corrected chi connectivity index (χ4v) is 6.36. The van der Waals surface area contributed by atoms with E-state index in [1.165, 1.54) is 70.6 Å². The summed E-state index contributed by atoms with van der Waals surface area (Å²) in [5.41, 5.74) is 5.32. The van der Waals surface area contributed by atoms with Gasteiger partial charge >= 0.3 is 25.7 Å². The molecule has 0 saturated heterocycles. The van der Waals surface area contributed by atoms with Crippen LogP contribution in [0.3, 0.4) is 0 Å². The highest BCUT2D eigenvalue weighted by molar-refractivity contribution is 7.47. The standard InChI is InChI=1S/C41H76NO10P/c1-3-5-7-9-11-13-15-17-18-19-21-22-24-26-28-30-32-39(43)49-34-37(35-50-53(47,48)51-36-38(42)41(45)46)52-40(44)33-31-29-27-25-23-20-16-14-12-10-8-6-4-2/h14,16,18-19,37-38H,3-13,15,17,20-36,42H2,1-2H3,(H,45,46)(H,47,48)/b16-14-,19-18-/t37-,38+/m1/s1. The lowest BCUT2D eigenvalue weighted by atomic mass is 10.1. The fourth-order valence-electron chi connectivity index (χ4n) is 5.58. The Kier molecular flexibility index (Phi) is 35.5. The molecule has 0 saturated carbocycles. The first kappa shape index (κ1) is 51.0. The first-order valence-corrected chi connectivity index (χ1v) is 22.4. The number of phosphoric ester groups is 1. The highest BCUT2D eigenvalue weighted by Crippen LogP contribution is 2.43. The lowest BCUT2D eigenvalue weighted by Crippen LogP contribution is -2.34. The van der Waals surface area contributed by atoms with Crippen LogP contribution < -0.4 is 5.73 Å². The van der Waals surface area contributed by atoms with Gasteiger partial charge in [-0.25, -0.2) is 4.57 Å². The van der Waals surface area contributed by atoms with Crippen molar-refractivity contribution in [1.82, 2.24) is 0 Å². The van der Waals surface area contributed by atoms with Gasteiger partial charge in [0.15, 0.2) is 6.10 Å². The number of hydrogen-bond donors (Lipinski definition) is 3. The third-order valence-electron chi connectivity index (χ3n) is 8.92. The number of carboxylic acids is 1. The topological polar surface area (TPSA) is 172 Å². The number of unbranched alkanes of at least 4 members (excludes halogenated alkanes) is 21. The van der Waals surface area contributed by atoms with E-state index in [-0.39, 0.29) is 19.4 Å². The molecule has 0 aliphatic carbocycles. The molecule has 53 heavy (non-hydrogen) atoms. The molecule has 0 aromatic carbocycles. The Bertz CT molecular complexity index is 1010. The molecule has 0 radical (unpaired) electrons. The predicted molar refractivity (Wildman–Crippen MR) is 212 cm³/mol. The number of ether oxygens (including phenoxy) is 2. The molecule has 310 valence electrons. The van der Waals surface area contributed by atoms with Crippen molar-refractivity contribution in [3.05, 3.63) is 24.3 Å². The second kappa shape index (κ2) is 36.9. The lowest BCUT2D eigenvalue weighted by molar-refractivity contribution is -0.161. The number of carbonyl (C=O) groups excluding carboxylic acids is 2. The minimum Gasteiger partial charge on any atom is -0.480 e. The molecule has 0 aromatic rings. The summed E-state index contributed by atoms with van der Waals surface area (Å²) in [5.74, 6) is -2.40. The zero-order valence-electron chi connectivity index (χ0n) is 33.4. The van der Waals surface area contributed by atoms with Gasteiger partial charge in [0.05, 0.1) is 13.2 Å². The third-order valence-corrected chi connectivity index (χ3v) is 9.87. The van der Waals surface area contributed by atoms with Gasteiger partial charge in [-0.05, 0) is 64.2 Å². The van der Waals surface area contributed by atoms with E-state index < -0.39 is 51.1 Å². The predicted octanol–water partition coefficient (Wildman–Crippen LogP) is 10.7. The molecule has 0 rings (SSSR count). The Balaban J connectivity index is 4.40. The Labute approximate surface area is 321 Å². The van der Waals surface area contributed by atoms with E-state index in [9.17, 15) is 23.8 Å². The molecule has 3 atom stereocenters. The number of carbonyl (C=O) groups is 3. The summed E-state index contributed by atoms with van der Waals surface area (Å²) in [6.45, 7) is 2.76. The van der Waals surface area contributed by atoms with Gasteiger partial charge in [-0.3, -0.25) is 23.4 Å². The molecular formula is C41H76NO10P. The maximum absolute atomic E-state index is 12.6. The van der Waals surface area contributed by atoms with Crippen molar-refractivity contribution < 1.29 is 47.5 Å². The highest BCUT2D eigenvalue weighted by Gasteiger charge is 2.28. The van der Waals surface area contributed by atoms with E-state index in [0.717, 1.165) is 77.0 Å². The average molecular weight is 774 g/mol. The monoisotopic (exact) mass is 774 g/mol. The second-order valence-electron chi connectivity index (χ2n) is 14.1. The summed E-state index contributed by atoms with van der Waals surface area (Å²) >= 11 is 0. The quantitative estimate of drug-likeness (QED) is 0.0235. The van der Waals surface area contributed by atoms with Crippen LogP contribution >= 0.6 is 7.82 Å². The summed E-state index contributed by atoms with van der Waals surface area (Å²) < 4.78 is 32.6. The van der Waals surface area contributed by atoms with Crippen LogP contribution in [0.1, 0.15) is 187 Å². The number of nitrogens with two attached hydrogens (primary N) is 1. The van der Waals surface area contributed by atoms with Crippen molar-refractivity contribution in [2.75, 3.05) is 19.8 Å². The van der Waals surface area contributed by atoms with Crippen LogP contribution in [0.25, 0.3) is 0 Å². The van der Waals surface area contributed by atoms with Crippen molar-refractivity contribution in [3.63, 3.8) is 0 Å². The van der Waals surface area contributed by atoms with E-state index in [1.54, 1.807) is 0 Å². The summed E-state index contributed by atoms with van der Waals surface area (Å²) in [7, 11) is -4.71. The molecule has 0 spiro atoms. The van der Waals surface area contributed by atoms with Gasteiger partial charge in [0, 0.05) is 12.8 Å². The molecule has 4 N–H and O–H groups in total. The number of carboxylic acid groups (broad SMARTS) is 1. The average Bonchev–Trinajstić information content (AvgIpc) is 3.13. The van der Waals surface area contributed by atoms with Gasteiger partial charge in [-0.15, -0.1) is 0 Å². The van der Waals surface area contributed by atoms with E-state index in [2.05, 4.69) is 42.7 Å². The van der Waals surface area contributed by atoms with Crippen LogP contribution in [-0.4, -0.2) is 59.9 Å². The Morgan fingerprint density at radius 2 is 0.943 bits per heavy atom. The fraction of sp³-hybridized carbons (Fsp3) is 0.829. The number of allylic oxidation sites excluding steroid dienone is 4. The number of rotatable bonds is 39. The maximum Gasteiger partial charge on any atom is 0.472 e. The second-order valence-corrected chi connectivity index (χ2v) is 15.6. The van der Waals surface area contributed by atoms with E-state index in [0.29, 0.717) is 12.8 Å². The van der Waals surface area contributed by atoms with Crippen LogP contribution in [-0.2, 0) is 37.5 Å². The molecule has 1 unspecified atom stereocenters. The van der Waals surface area contributed by atoms with Crippen LogP contribution in [0.4, 0.5) is 0 Å². The molecule has 0 bridgehead atoms. The molecule has 0 amide bonds. The number of aliphatic carboxylic acids is 1. The van der Waals surface area contributed by atoms with Crippen LogP contribution in [0.2, 0.25) is 0 Å². The van der Waals surface area contributed by atoms with Crippen molar-refractivity contribution >= 4 is 25.7 Å². The van der Waals surface area contributed by atoms with Crippen LogP contribution in [0.15, 0.2) is 24.3 Å². The Morgan fingerprint density at radius 3 is 1.40 bits per heavy atom. The van der Waals surface area contributed by atoms with Gasteiger partial charge in [0.25, 0.3) is 0 Å². The minimum atomic E-state index is -4.71. The minimum absolute atomic E-state index is 0.151. The molecule has 11 nitrogen and oxygen atoms in total. The third kappa shape index (κ3) is 36.7. The smallest absolute Gasteiger partial charge is 0.472 e. The summed E-state index contributed by atoms with van der Waals surface area (Å²) in [5, 5.41) is 8.87. The molecule has 0 fully saturated rings. The molecule has 0 aliphatic rings. The first-order valence-electron chi connectivity index (χ1n) is 20.9. The van der Waals surface area contributed by atoms with Crippen LogP contribution in [0, 0.1) is 0 Å². The lowest BCUT2D eigenvalue weighted by Gasteiger charge is -2.20. The molecular weight excluding hydrogens is 697 g/mol. The van der Waals surface area contributed by atoms with Crippen molar-refractivity contribution in [2.45, 2.75) is 199 Å².